The van der Waals surface area contributed by atoms with E-state index in [0.717, 1.165) is 5.56 Å². The van der Waals surface area contributed by atoms with Crippen molar-refractivity contribution in [3.63, 3.8) is 0 Å². The van der Waals surface area contributed by atoms with Crippen LogP contribution in [0.25, 0.3) is 0 Å². The summed E-state index contributed by atoms with van der Waals surface area (Å²) in [7, 11) is 1.89. The molecule has 2 heterocycles. The maximum Gasteiger partial charge on any atom is 0.222 e. The van der Waals surface area contributed by atoms with Crippen LogP contribution in [0.2, 0.25) is 0 Å². The van der Waals surface area contributed by atoms with Crippen molar-refractivity contribution in [2.24, 2.45) is 11.7 Å². The first-order valence-electron chi connectivity index (χ1n) is 7.27. The molecule has 0 radical (unpaired) electrons. The van der Waals surface area contributed by atoms with Crippen molar-refractivity contribution in [3.8, 4) is 11.8 Å². The van der Waals surface area contributed by atoms with Crippen molar-refractivity contribution in [3.05, 3.63) is 21.9 Å². The highest BCUT2D eigenvalue weighted by molar-refractivity contribution is 7.99. The minimum atomic E-state index is 0.259. The van der Waals surface area contributed by atoms with E-state index in [2.05, 4.69) is 11.8 Å². The van der Waals surface area contributed by atoms with Crippen LogP contribution in [0.1, 0.15) is 29.7 Å². The molecule has 1 amide bonds. The minimum absolute atomic E-state index is 0.259. The molecule has 21 heavy (non-hydrogen) atoms. The molecule has 0 saturated carbocycles. The molecule has 3 nitrogen and oxygen atoms in total. The van der Waals surface area contributed by atoms with E-state index < -0.39 is 0 Å². The molecule has 5 heteroatoms. The van der Waals surface area contributed by atoms with Gasteiger partial charge in [-0.2, -0.15) is 11.8 Å². The Bertz CT molecular complexity index is 524. The summed E-state index contributed by atoms with van der Waals surface area (Å²) in [6.45, 7) is 1.05. The Morgan fingerprint density at radius 3 is 2.95 bits per heavy atom. The van der Waals surface area contributed by atoms with Gasteiger partial charge in [-0.15, -0.1) is 11.3 Å². The highest BCUT2D eigenvalue weighted by Gasteiger charge is 2.19. The number of nitrogens with zero attached hydrogens (tertiary/aromatic N) is 1. The first-order valence-corrected chi connectivity index (χ1v) is 9.30. The first-order chi connectivity index (χ1) is 10.2. The van der Waals surface area contributed by atoms with Gasteiger partial charge in [-0.3, -0.25) is 4.79 Å². The van der Waals surface area contributed by atoms with Gasteiger partial charge >= 0.3 is 0 Å². The third-order valence-corrected chi connectivity index (χ3v) is 5.58. The predicted octanol–water partition coefficient (Wildman–Crippen LogP) is 2.55. The average molecular weight is 322 g/mol. The lowest BCUT2D eigenvalue weighted by atomic mass is 9.98. The molecule has 1 saturated heterocycles. The molecule has 0 atom stereocenters. The summed E-state index contributed by atoms with van der Waals surface area (Å²) in [6, 6.07) is 2.05. The van der Waals surface area contributed by atoms with Crippen LogP contribution < -0.4 is 5.73 Å². The van der Waals surface area contributed by atoms with Crippen molar-refractivity contribution in [2.45, 2.75) is 25.8 Å². The van der Waals surface area contributed by atoms with E-state index in [1.165, 1.54) is 29.2 Å². The fourth-order valence-electron chi connectivity index (χ4n) is 2.36. The molecule has 0 aromatic carbocycles. The predicted molar refractivity (Wildman–Crippen MR) is 91.4 cm³/mol. The second-order valence-corrected chi connectivity index (χ2v) is 7.54. The van der Waals surface area contributed by atoms with Gasteiger partial charge < -0.3 is 10.6 Å². The summed E-state index contributed by atoms with van der Waals surface area (Å²) < 4.78 is 0. The monoisotopic (exact) mass is 322 g/mol. The summed E-state index contributed by atoms with van der Waals surface area (Å²) in [4.78, 5) is 15.3. The van der Waals surface area contributed by atoms with E-state index in [1.807, 2.05) is 35.2 Å². The van der Waals surface area contributed by atoms with Crippen LogP contribution in [0.4, 0.5) is 0 Å². The van der Waals surface area contributed by atoms with Gasteiger partial charge in [0.25, 0.3) is 0 Å². The van der Waals surface area contributed by atoms with Gasteiger partial charge in [0.05, 0.1) is 13.1 Å². The third-order valence-electron chi connectivity index (χ3n) is 3.61. The number of hydrogen-bond donors (Lipinski definition) is 1. The Morgan fingerprint density at radius 2 is 2.24 bits per heavy atom. The summed E-state index contributed by atoms with van der Waals surface area (Å²) in [5.41, 5.74) is 6.36. The fourth-order valence-corrected chi connectivity index (χ4v) is 4.43. The number of amides is 1. The van der Waals surface area contributed by atoms with Crippen molar-refractivity contribution in [1.82, 2.24) is 4.90 Å². The number of hydrogen-bond acceptors (Lipinski definition) is 4. The van der Waals surface area contributed by atoms with Gasteiger partial charge in [0.1, 0.15) is 0 Å². The van der Waals surface area contributed by atoms with E-state index in [1.54, 1.807) is 11.3 Å². The lowest BCUT2D eigenvalue weighted by Gasteiger charge is -2.23. The molecule has 1 fully saturated rings. The number of nitrogens with two attached hydrogens (primary N) is 1. The van der Waals surface area contributed by atoms with E-state index in [4.69, 9.17) is 5.73 Å². The fraction of sp³-hybridized carbons (Fsp3) is 0.562. The van der Waals surface area contributed by atoms with Crippen LogP contribution in [0, 0.1) is 17.8 Å². The van der Waals surface area contributed by atoms with Gasteiger partial charge in [0, 0.05) is 29.3 Å². The molecule has 2 rings (SSSR count). The maximum atomic E-state index is 12.3. The zero-order valence-corrected chi connectivity index (χ0v) is 14.1. The standard InChI is InChI=1S/C16H22N2OS2/c1-18(16(19)10-13-4-7-20-8-5-13)11-15-9-14(12-21-15)3-2-6-17/h9,12-13H,4-8,10-11,17H2,1H3. The Labute approximate surface area is 135 Å². The SMILES string of the molecule is CN(Cc1cc(C#CCN)cs1)C(=O)CC1CCSCC1. The van der Waals surface area contributed by atoms with Crippen LogP contribution in [-0.2, 0) is 11.3 Å². The molecular weight excluding hydrogens is 300 g/mol. The smallest absolute Gasteiger partial charge is 0.222 e. The number of carbonyl (C=O) groups is 1. The molecule has 0 aliphatic carbocycles. The topological polar surface area (TPSA) is 46.3 Å². The van der Waals surface area contributed by atoms with Crippen molar-refractivity contribution in [1.29, 1.82) is 0 Å². The van der Waals surface area contributed by atoms with E-state index in [0.29, 0.717) is 25.4 Å². The summed E-state index contributed by atoms with van der Waals surface area (Å²) >= 11 is 3.65. The van der Waals surface area contributed by atoms with Gasteiger partial charge in [-0.25, -0.2) is 0 Å². The van der Waals surface area contributed by atoms with Crippen molar-refractivity contribution < 1.29 is 4.79 Å². The van der Waals surface area contributed by atoms with E-state index in [9.17, 15) is 4.79 Å². The van der Waals surface area contributed by atoms with Gasteiger partial charge in [0.15, 0.2) is 0 Å². The van der Waals surface area contributed by atoms with Crippen LogP contribution >= 0.6 is 23.1 Å². The largest absolute Gasteiger partial charge is 0.341 e. The third kappa shape index (κ3) is 5.39. The average Bonchev–Trinajstić information content (AvgIpc) is 2.93. The van der Waals surface area contributed by atoms with E-state index >= 15 is 0 Å². The Hall–Kier alpha value is -0.960. The Kier molecular flexibility index (Phi) is 6.62. The van der Waals surface area contributed by atoms with Crippen LogP contribution in [0.3, 0.4) is 0 Å². The minimum Gasteiger partial charge on any atom is -0.341 e. The second kappa shape index (κ2) is 8.47. The Morgan fingerprint density at radius 1 is 1.48 bits per heavy atom. The Balaban J connectivity index is 1.83. The van der Waals surface area contributed by atoms with Crippen LogP contribution in [0.15, 0.2) is 11.4 Å². The van der Waals surface area contributed by atoms with Crippen LogP contribution in [0.5, 0.6) is 0 Å². The molecule has 0 spiro atoms. The zero-order chi connectivity index (χ0) is 15.1. The highest BCUT2D eigenvalue weighted by atomic mass is 32.2. The second-order valence-electron chi connectivity index (χ2n) is 5.32. The molecule has 114 valence electrons. The van der Waals surface area contributed by atoms with Gasteiger partial charge in [-0.05, 0) is 36.3 Å². The zero-order valence-electron chi connectivity index (χ0n) is 12.4. The van der Waals surface area contributed by atoms with E-state index in [-0.39, 0.29) is 5.91 Å². The molecule has 0 bridgehead atoms. The maximum absolute atomic E-state index is 12.3. The number of thiophene rings is 1. The van der Waals surface area contributed by atoms with Crippen molar-refractivity contribution in [2.75, 3.05) is 25.1 Å². The number of thioether (sulfide) groups is 1. The number of carbonyl (C=O) groups excluding carboxylic acids is 1. The highest BCUT2D eigenvalue weighted by Crippen LogP contribution is 2.26. The molecule has 1 aromatic heterocycles. The summed E-state index contributed by atoms with van der Waals surface area (Å²) in [6.07, 6.45) is 3.06. The van der Waals surface area contributed by atoms with Crippen molar-refractivity contribution >= 4 is 29.0 Å². The van der Waals surface area contributed by atoms with Gasteiger partial charge in [-0.1, -0.05) is 11.8 Å². The van der Waals surface area contributed by atoms with Gasteiger partial charge in [0.2, 0.25) is 5.91 Å². The number of rotatable bonds is 4. The lowest BCUT2D eigenvalue weighted by molar-refractivity contribution is -0.131. The normalized spacial score (nSPS) is 15.3. The molecule has 0 unspecified atom stereocenters. The summed E-state index contributed by atoms with van der Waals surface area (Å²) in [5.74, 6) is 9.12. The first kappa shape index (κ1) is 16.4. The molecule has 1 aliphatic heterocycles. The molecule has 2 N–H and O–H groups in total. The molecule has 1 aromatic rings. The lowest BCUT2D eigenvalue weighted by Crippen LogP contribution is -2.28. The molecule has 1 aliphatic rings. The van der Waals surface area contributed by atoms with Crippen LogP contribution in [-0.4, -0.2) is 35.9 Å². The quantitative estimate of drug-likeness (QED) is 0.867. The molecular formula is C16H22N2OS2. The summed E-state index contributed by atoms with van der Waals surface area (Å²) in [5, 5.41) is 2.02.